The Morgan fingerprint density at radius 2 is 1.73 bits per heavy atom. The fourth-order valence-corrected chi connectivity index (χ4v) is 4.85. The second-order valence-electron chi connectivity index (χ2n) is 11.6. The van der Waals surface area contributed by atoms with Crippen LogP contribution in [-0.4, -0.2) is 47.3 Å². The number of amides is 1. The van der Waals surface area contributed by atoms with Crippen molar-refractivity contribution in [2.75, 3.05) is 20.7 Å². The summed E-state index contributed by atoms with van der Waals surface area (Å²) in [6.07, 6.45) is 6.43. The molecule has 0 aliphatic heterocycles. The van der Waals surface area contributed by atoms with E-state index in [0.29, 0.717) is 36.4 Å². The third-order valence-corrected chi connectivity index (χ3v) is 7.00. The number of hydrogen-bond acceptors (Lipinski definition) is 5. The highest BCUT2D eigenvalue weighted by molar-refractivity contribution is 6.03. The van der Waals surface area contributed by atoms with Gasteiger partial charge in [-0.15, -0.1) is 0 Å². The van der Waals surface area contributed by atoms with Crippen LogP contribution >= 0.6 is 0 Å². The SMILES string of the molecule is CCCCN(C)C(=O)c1ccc(-c2cc3c(Cc4ccccc4)c(C(=O)CC(C)(C)C)cnc3cc2OC)cn1. The maximum absolute atomic E-state index is 13.5. The molecule has 0 fully saturated rings. The molecule has 4 aromatic rings. The molecule has 0 aliphatic carbocycles. The molecule has 0 N–H and O–H groups in total. The average Bonchev–Trinajstić information content (AvgIpc) is 2.94. The Labute approximate surface area is 237 Å². The molecule has 6 nitrogen and oxygen atoms in total. The number of Topliss-reactive ketones (excluding diaryl/α,β-unsaturated/α-hetero) is 1. The zero-order chi connectivity index (χ0) is 28.9. The molecule has 0 bridgehead atoms. The first-order valence-corrected chi connectivity index (χ1v) is 13.9. The molecule has 0 unspecified atom stereocenters. The van der Waals surface area contributed by atoms with Gasteiger partial charge in [0.25, 0.3) is 5.91 Å². The summed E-state index contributed by atoms with van der Waals surface area (Å²) < 4.78 is 5.76. The minimum Gasteiger partial charge on any atom is -0.496 e. The van der Waals surface area contributed by atoms with Crippen molar-refractivity contribution in [2.45, 2.75) is 53.4 Å². The van der Waals surface area contributed by atoms with E-state index in [2.05, 4.69) is 44.8 Å². The van der Waals surface area contributed by atoms with Crippen LogP contribution in [0.15, 0.2) is 67.0 Å². The Morgan fingerprint density at radius 3 is 2.35 bits per heavy atom. The molecule has 0 saturated heterocycles. The standard InChI is InChI=1S/C34H39N3O3/c1-7-8-16-37(5)33(39)29-15-14-24(21-35-29)25-18-27-26(17-23-12-10-9-11-13-23)28(31(38)20-34(2,3)4)22-36-30(27)19-32(25)40-6/h9-15,18-19,21-22H,7-8,16-17,20H2,1-6H3. The summed E-state index contributed by atoms with van der Waals surface area (Å²) >= 11 is 0. The molecule has 2 aromatic carbocycles. The number of nitrogens with zero attached hydrogens (tertiary/aromatic N) is 3. The lowest BCUT2D eigenvalue weighted by molar-refractivity contribution is 0.0787. The quantitative estimate of drug-likeness (QED) is 0.197. The summed E-state index contributed by atoms with van der Waals surface area (Å²) in [5.41, 5.74) is 5.40. The van der Waals surface area contributed by atoms with Gasteiger partial charge in [-0.1, -0.05) is 70.5 Å². The number of hydrogen-bond donors (Lipinski definition) is 0. The fourth-order valence-electron chi connectivity index (χ4n) is 4.85. The zero-order valence-corrected chi connectivity index (χ0v) is 24.5. The first-order valence-electron chi connectivity index (χ1n) is 13.9. The lowest BCUT2D eigenvalue weighted by atomic mass is 9.85. The first kappa shape index (κ1) is 28.9. The number of ether oxygens (including phenoxy) is 1. The van der Waals surface area contributed by atoms with Crippen LogP contribution in [0.5, 0.6) is 5.75 Å². The highest BCUT2D eigenvalue weighted by Crippen LogP contribution is 2.36. The van der Waals surface area contributed by atoms with Crippen LogP contribution in [0, 0.1) is 5.41 Å². The fraction of sp³-hybridized carbons (Fsp3) is 0.353. The van der Waals surface area contributed by atoms with Crippen LogP contribution in [-0.2, 0) is 6.42 Å². The van der Waals surface area contributed by atoms with Crippen LogP contribution < -0.4 is 4.74 Å². The minimum absolute atomic E-state index is 0.0851. The lowest BCUT2D eigenvalue weighted by Crippen LogP contribution is -2.28. The van der Waals surface area contributed by atoms with Gasteiger partial charge in [0.2, 0.25) is 0 Å². The smallest absolute Gasteiger partial charge is 0.272 e. The van der Waals surface area contributed by atoms with Crippen LogP contribution in [0.25, 0.3) is 22.0 Å². The number of carbonyl (C=O) groups excluding carboxylic acids is 2. The molecular formula is C34H39N3O3. The molecule has 208 valence electrons. The number of pyridine rings is 2. The van der Waals surface area contributed by atoms with Gasteiger partial charge in [0.05, 0.1) is 12.6 Å². The summed E-state index contributed by atoms with van der Waals surface area (Å²) in [5, 5.41) is 0.902. The summed E-state index contributed by atoms with van der Waals surface area (Å²) in [5.74, 6) is 0.643. The van der Waals surface area contributed by atoms with E-state index in [0.717, 1.165) is 46.0 Å². The van der Waals surface area contributed by atoms with Crippen molar-refractivity contribution in [2.24, 2.45) is 5.41 Å². The van der Waals surface area contributed by atoms with Gasteiger partial charge in [0.15, 0.2) is 5.78 Å². The molecule has 1 amide bonds. The van der Waals surface area contributed by atoms with Crippen molar-refractivity contribution in [1.82, 2.24) is 14.9 Å². The Bertz CT molecular complexity index is 1490. The number of aromatic nitrogens is 2. The summed E-state index contributed by atoms with van der Waals surface area (Å²) in [7, 11) is 3.44. The molecule has 2 aromatic heterocycles. The number of ketones is 1. The van der Waals surface area contributed by atoms with E-state index in [-0.39, 0.29) is 17.1 Å². The van der Waals surface area contributed by atoms with Crippen LogP contribution in [0.2, 0.25) is 0 Å². The van der Waals surface area contributed by atoms with Gasteiger partial charge in [-0.2, -0.15) is 0 Å². The predicted molar refractivity (Wildman–Crippen MR) is 161 cm³/mol. The maximum atomic E-state index is 13.5. The number of benzene rings is 2. The van der Waals surface area contributed by atoms with Gasteiger partial charge in [-0.05, 0) is 41.5 Å². The number of carbonyl (C=O) groups is 2. The van der Waals surface area contributed by atoms with Crippen LogP contribution in [0.4, 0.5) is 0 Å². The first-order chi connectivity index (χ1) is 19.1. The second-order valence-corrected chi connectivity index (χ2v) is 11.6. The van der Waals surface area contributed by atoms with E-state index in [1.54, 1.807) is 37.5 Å². The van der Waals surface area contributed by atoms with E-state index in [1.165, 1.54) is 0 Å². The molecule has 0 aliphatic rings. The average molecular weight is 538 g/mol. The molecule has 4 rings (SSSR count). The molecule has 0 saturated carbocycles. The van der Waals surface area contributed by atoms with Gasteiger partial charge in [-0.25, -0.2) is 0 Å². The van der Waals surface area contributed by atoms with E-state index >= 15 is 0 Å². The van der Waals surface area contributed by atoms with Crippen molar-refractivity contribution in [3.63, 3.8) is 0 Å². The van der Waals surface area contributed by atoms with Crippen molar-refractivity contribution in [3.05, 3.63) is 89.4 Å². The van der Waals surface area contributed by atoms with Gasteiger partial charge >= 0.3 is 0 Å². The third kappa shape index (κ3) is 6.74. The summed E-state index contributed by atoms with van der Waals surface area (Å²) in [4.78, 5) is 37.2. The molecule has 2 heterocycles. The van der Waals surface area contributed by atoms with Crippen molar-refractivity contribution in [3.8, 4) is 16.9 Å². The van der Waals surface area contributed by atoms with Crippen LogP contribution in [0.3, 0.4) is 0 Å². The highest BCUT2D eigenvalue weighted by atomic mass is 16.5. The monoisotopic (exact) mass is 537 g/mol. The number of fused-ring (bicyclic) bond motifs is 1. The Kier molecular flexibility index (Phi) is 8.98. The van der Waals surface area contributed by atoms with Crippen molar-refractivity contribution >= 4 is 22.6 Å². The van der Waals surface area contributed by atoms with E-state index in [9.17, 15) is 9.59 Å². The molecule has 40 heavy (non-hydrogen) atoms. The summed E-state index contributed by atoms with van der Waals surface area (Å²) in [6.45, 7) is 9.02. The van der Waals surface area contributed by atoms with Crippen LogP contribution in [0.1, 0.15) is 78.9 Å². The number of rotatable bonds is 10. The van der Waals surface area contributed by atoms with Gasteiger partial charge in [0.1, 0.15) is 11.4 Å². The minimum atomic E-state index is -0.142. The Morgan fingerprint density at radius 1 is 0.975 bits per heavy atom. The summed E-state index contributed by atoms with van der Waals surface area (Å²) in [6, 6.07) is 17.8. The largest absolute Gasteiger partial charge is 0.496 e. The lowest BCUT2D eigenvalue weighted by Gasteiger charge is -2.20. The maximum Gasteiger partial charge on any atom is 0.272 e. The third-order valence-electron chi connectivity index (χ3n) is 7.00. The zero-order valence-electron chi connectivity index (χ0n) is 24.5. The van der Waals surface area contributed by atoms with Gasteiger partial charge in [-0.3, -0.25) is 19.6 Å². The van der Waals surface area contributed by atoms with Crippen molar-refractivity contribution < 1.29 is 14.3 Å². The molecular weight excluding hydrogens is 498 g/mol. The number of methoxy groups -OCH3 is 1. The number of unbranched alkanes of at least 4 members (excludes halogenated alkanes) is 1. The molecule has 6 heteroatoms. The van der Waals surface area contributed by atoms with Crippen molar-refractivity contribution in [1.29, 1.82) is 0 Å². The van der Waals surface area contributed by atoms with Gasteiger partial charge in [0, 0.05) is 60.5 Å². The second kappa shape index (κ2) is 12.4. The predicted octanol–water partition coefficient (Wildman–Crippen LogP) is 7.39. The Hall–Kier alpha value is -4.06. The normalized spacial score (nSPS) is 11.4. The van der Waals surface area contributed by atoms with E-state index in [1.807, 2.05) is 36.4 Å². The molecule has 0 radical (unpaired) electrons. The van der Waals surface area contributed by atoms with E-state index < -0.39 is 0 Å². The van der Waals surface area contributed by atoms with E-state index in [4.69, 9.17) is 9.72 Å². The Balaban J connectivity index is 1.82. The highest BCUT2D eigenvalue weighted by Gasteiger charge is 2.23. The molecule has 0 atom stereocenters. The topological polar surface area (TPSA) is 72.4 Å². The molecule has 0 spiro atoms. The van der Waals surface area contributed by atoms with Gasteiger partial charge < -0.3 is 9.64 Å².